The Morgan fingerprint density at radius 1 is 0.925 bits per heavy atom. The van der Waals surface area contributed by atoms with E-state index in [4.69, 9.17) is 14.2 Å². The number of amides is 2. The Morgan fingerprint density at radius 3 is 2.25 bits per heavy atom. The van der Waals surface area contributed by atoms with E-state index in [1.54, 1.807) is 36.1 Å². The van der Waals surface area contributed by atoms with Crippen LogP contribution in [0.25, 0.3) is 0 Å². The van der Waals surface area contributed by atoms with Gasteiger partial charge in [0.1, 0.15) is 18.2 Å². The third kappa shape index (κ3) is 10.7. The monoisotopic (exact) mass is 552 g/mol. The molecule has 214 valence electrons. The highest BCUT2D eigenvalue weighted by molar-refractivity contribution is 5.89. The number of aliphatic carboxylic acids is 1. The van der Waals surface area contributed by atoms with Gasteiger partial charge in [0, 0.05) is 31.9 Å². The smallest absolute Gasteiger partial charge is 0.333 e. The van der Waals surface area contributed by atoms with Crippen molar-refractivity contribution in [1.82, 2.24) is 4.90 Å². The molecule has 0 fully saturated rings. The Hall–Kier alpha value is -3.95. The van der Waals surface area contributed by atoms with Crippen molar-refractivity contribution in [3.05, 3.63) is 95.3 Å². The van der Waals surface area contributed by atoms with Crippen LogP contribution >= 0.6 is 0 Å². The molecule has 40 heavy (non-hydrogen) atoms. The summed E-state index contributed by atoms with van der Waals surface area (Å²) >= 11 is 0. The molecule has 1 atom stereocenters. The van der Waals surface area contributed by atoms with Crippen LogP contribution in [0.5, 0.6) is 5.75 Å². The van der Waals surface area contributed by atoms with E-state index in [1.165, 1.54) is 12.1 Å². The number of halogens is 1. The van der Waals surface area contributed by atoms with Crippen LogP contribution in [-0.2, 0) is 27.3 Å². The van der Waals surface area contributed by atoms with Crippen LogP contribution in [0.4, 0.5) is 14.9 Å². The molecule has 2 amide bonds. The SMILES string of the molecule is CCOC(Cc1ccc(OCCN(CCCOCc2ccc(F)cc2)C(=O)Nc2ccc(C)cc2)cc1)C(=O)O. The van der Waals surface area contributed by atoms with Crippen molar-refractivity contribution in [2.75, 3.05) is 38.2 Å². The first-order valence-corrected chi connectivity index (χ1v) is 13.3. The third-order valence-corrected chi connectivity index (χ3v) is 6.11. The van der Waals surface area contributed by atoms with Gasteiger partial charge in [0.25, 0.3) is 0 Å². The lowest BCUT2D eigenvalue weighted by molar-refractivity contribution is -0.149. The lowest BCUT2D eigenvalue weighted by Crippen LogP contribution is -2.39. The standard InChI is InChI=1S/C31H37FN2O6/c1-3-39-29(30(35)36)21-24-9-15-28(16-10-24)40-20-18-34(31(37)33-27-13-5-23(2)6-14-27)17-4-19-38-22-25-7-11-26(32)12-8-25/h5-16,29H,3-4,17-22H2,1-2H3,(H,33,37)(H,35,36). The fourth-order valence-electron chi connectivity index (χ4n) is 3.91. The second-order valence-corrected chi connectivity index (χ2v) is 9.29. The highest BCUT2D eigenvalue weighted by Crippen LogP contribution is 2.15. The summed E-state index contributed by atoms with van der Waals surface area (Å²) in [6.45, 7) is 5.95. The minimum atomic E-state index is -0.993. The van der Waals surface area contributed by atoms with Gasteiger partial charge < -0.3 is 29.5 Å². The minimum Gasteiger partial charge on any atom is -0.492 e. The van der Waals surface area contributed by atoms with Crippen molar-refractivity contribution in [2.45, 2.75) is 39.4 Å². The molecule has 3 rings (SSSR count). The molecule has 0 spiro atoms. The van der Waals surface area contributed by atoms with E-state index in [0.717, 1.165) is 16.7 Å². The zero-order valence-electron chi connectivity index (χ0n) is 23.0. The number of carbonyl (C=O) groups excluding carboxylic acids is 1. The molecule has 0 bridgehead atoms. The summed E-state index contributed by atoms with van der Waals surface area (Å²) in [6.07, 6.45) is -0.0152. The maximum Gasteiger partial charge on any atom is 0.333 e. The third-order valence-electron chi connectivity index (χ3n) is 6.11. The summed E-state index contributed by atoms with van der Waals surface area (Å²) in [5.41, 5.74) is 3.51. The summed E-state index contributed by atoms with van der Waals surface area (Å²) in [7, 11) is 0. The predicted molar refractivity (Wildman–Crippen MR) is 151 cm³/mol. The molecule has 0 aliphatic carbocycles. The average molecular weight is 553 g/mol. The number of hydrogen-bond acceptors (Lipinski definition) is 5. The Balaban J connectivity index is 1.51. The van der Waals surface area contributed by atoms with Crippen LogP contribution in [0, 0.1) is 12.7 Å². The number of anilines is 1. The van der Waals surface area contributed by atoms with Crippen molar-refractivity contribution < 1.29 is 33.3 Å². The van der Waals surface area contributed by atoms with Crippen LogP contribution in [0.1, 0.15) is 30.0 Å². The number of carboxylic acid groups (broad SMARTS) is 1. The summed E-state index contributed by atoms with van der Waals surface area (Å²) in [5, 5.41) is 12.2. The van der Waals surface area contributed by atoms with E-state index in [9.17, 15) is 19.1 Å². The van der Waals surface area contributed by atoms with Gasteiger partial charge in [-0.1, -0.05) is 42.0 Å². The first-order valence-electron chi connectivity index (χ1n) is 13.3. The molecule has 0 aliphatic rings. The normalized spacial score (nSPS) is 11.6. The average Bonchev–Trinajstić information content (AvgIpc) is 2.94. The quantitative estimate of drug-likeness (QED) is 0.222. The molecule has 8 nitrogen and oxygen atoms in total. The summed E-state index contributed by atoms with van der Waals surface area (Å²) in [6, 6.07) is 20.7. The molecule has 0 saturated carbocycles. The first-order chi connectivity index (χ1) is 19.3. The van der Waals surface area contributed by atoms with Gasteiger partial charge in [-0.25, -0.2) is 14.0 Å². The number of nitrogens with one attached hydrogen (secondary N) is 1. The van der Waals surface area contributed by atoms with Gasteiger partial charge in [0.2, 0.25) is 0 Å². The van der Waals surface area contributed by atoms with E-state index in [2.05, 4.69) is 5.32 Å². The number of aryl methyl sites for hydroxylation is 1. The van der Waals surface area contributed by atoms with Gasteiger partial charge in [-0.05, 0) is 67.8 Å². The molecule has 0 saturated heterocycles. The molecular formula is C31H37FN2O6. The largest absolute Gasteiger partial charge is 0.492 e. The first kappa shape index (κ1) is 30.6. The van der Waals surface area contributed by atoms with E-state index in [0.29, 0.717) is 50.8 Å². The van der Waals surface area contributed by atoms with Gasteiger partial charge >= 0.3 is 12.0 Å². The minimum absolute atomic E-state index is 0.239. The van der Waals surface area contributed by atoms with Crippen molar-refractivity contribution in [3.63, 3.8) is 0 Å². The topological polar surface area (TPSA) is 97.3 Å². The van der Waals surface area contributed by atoms with Crippen molar-refractivity contribution in [1.29, 1.82) is 0 Å². The Labute approximate surface area is 234 Å². The molecule has 1 unspecified atom stereocenters. The van der Waals surface area contributed by atoms with Crippen LogP contribution in [0.3, 0.4) is 0 Å². The summed E-state index contributed by atoms with van der Waals surface area (Å²) < 4.78 is 29.9. The molecule has 3 aromatic rings. The van der Waals surface area contributed by atoms with E-state index in [-0.39, 0.29) is 24.9 Å². The summed E-state index contributed by atoms with van der Waals surface area (Å²) in [5.74, 6) is -0.661. The molecule has 0 aromatic heterocycles. The predicted octanol–water partition coefficient (Wildman–Crippen LogP) is 5.69. The number of nitrogens with zero attached hydrogens (tertiary/aromatic N) is 1. The van der Waals surface area contributed by atoms with Crippen molar-refractivity contribution >= 4 is 17.7 Å². The van der Waals surface area contributed by atoms with Gasteiger partial charge in [0.05, 0.1) is 13.2 Å². The van der Waals surface area contributed by atoms with Gasteiger partial charge in [-0.3, -0.25) is 0 Å². The molecule has 0 heterocycles. The van der Waals surface area contributed by atoms with Gasteiger partial charge in [-0.15, -0.1) is 0 Å². The van der Waals surface area contributed by atoms with E-state index in [1.807, 2.05) is 43.3 Å². The number of carbonyl (C=O) groups is 2. The Kier molecular flexibility index (Phi) is 12.4. The zero-order valence-corrected chi connectivity index (χ0v) is 23.0. The van der Waals surface area contributed by atoms with Gasteiger partial charge in [0.15, 0.2) is 6.10 Å². The molecule has 2 N–H and O–H groups in total. The van der Waals surface area contributed by atoms with Crippen molar-refractivity contribution in [3.8, 4) is 5.75 Å². The number of rotatable bonds is 16. The fraction of sp³-hybridized carbons (Fsp3) is 0.355. The Bertz CT molecular complexity index is 1190. The Morgan fingerprint density at radius 2 is 1.60 bits per heavy atom. The molecule has 9 heteroatoms. The molecule has 0 aliphatic heterocycles. The van der Waals surface area contributed by atoms with Crippen LogP contribution in [0.2, 0.25) is 0 Å². The second kappa shape index (κ2) is 16.2. The second-order valence-electron chi connectivity index (χ2n) is 9.29. The fourth-order valence-corrected chi connectivity index (χ4v) is 3.91. The highest BCUT2D eigenvalue weighted by atomic mass is 19.1. The molecule has 3 aromatic carbocycles. The lowest BCUT2D eigenvalue weighted by Gasteiger charge is -2.23. The number of hydrogen-bond donors (Lipinski definition) is 2. The van der Waals surface area contributed by atoms with Crippen LogP contribution in [-0.4, -0.2) is 61.0 Å². The molecular weight excluding hydrogens is 515 g/mol. The maximum absolute atomic E-state index is 13.1. The molecule has 0 radical (unpaired) electrons. The zero-order chi connectivity index (χ0) is 28.7. The van der Waals surface area contributed by atoms with Gasteiger partial charge in [-0.2, -0.15) is 0 Å². The number of benzene rings is 3. The highest BCUT2D eigenvalue weighted by Gasteiger charge is 2.18. The number of urea groups is 1. The number of carboxylic acids is 1. The maximum atomic E-state index is 13.1. The van der Waals surface area contributed by atoms with Crippen LogP contribution in [0.15, 0.2) is 72.8 Å². The van der Waals surface area contributed by atoms with Crippen LogP contribution < -0.4 is 10.1 Å². The summed E-state index contributed by atoms with van der Waals surface area (Å²) in [4.78, 5) is 26.0. The van der Waals surface area contributed by atoms with E-state index >= 15 is 0 Å². The number of ether oxygens (including phenoxy) is 3. The lowest BCUT2D eigenvalue weighted by atomic mass is 10.1. The van der Waals surface area contributed by atoms with Crippen molar-refractivity contribution in [2.24, 2.45) is 0 Å². The van der Waals surface area contributed by atoms with E-state index < -0.39 is 12.1 Å².